The molecule has 0 saturated heterocycles. The fraction of sp³-hybridized carbons (Fsp3) is 0.500. The Kier molecular flexibility index (Phi) is 7.10. The number of carboxylic acid groups (broad SMARTS) is 1. The number of hydrogen-bond acceptors (Lipinski definition) is 4. The third-order valence-electron chi connectivity index (χ3n) is 2.77. The Labute approximate surface area is 113 Å². The summed E-state index contributed by atoms with van der Waals surface area (Å²) in [5.41, 5.74) is 1.92. The highest BCUT2D eigenvalue weighted by atomic mass is 16.5. The van der Waals surface area contributed by atoms with Crippen LogP contribution in [0.25, 0.3) is 0 Å². The summed E-state index contributed by atoms with van der Waals surface area (Å²) in [6.07, 6.45) is 0.101. The average Bonchev–Trinajstić information content (AvgIpc) is 2.39. The van der Waals surface area contributed by atoms with E-state index in [0.29, 0.717) is 13.2 Å². The van der Waals surface area contributed by atoms with Gasteiger partial charge in [-0.25, -0.2) is 0 Å². The highest BCUT2D eigenvalue weighted by Gasteiger charge is 2.06. The van der Waals surface area contributed by atoms with Crippen molar-refractivity contribution in [3.05, 3.63) is 35.4 Å². The van der Waals surface area contributed by atoms with Crippen LogP contribution in [-0.2, 0) is 27.2 Å². The number of ether oxygens (including phenoxy) is 2. The van der Waals surface area contributed by atoms with Gasteiger partial charge in [0.1, 0.15) is 0 Å². The third kappa shape index (κ3) is 6.33. The second-order valence-corrected chi connectivity index (χ2v) is 4.33. The molecule has 2 N–H and O–H groups in total. The maximum atomic E-state index is 10.6. The van der Waals surface area contributed by atoms with Crippen LogP contribution in [0.15, 0.2) is 24.3 Å². The topological polar surface area (TPSA) is 67.8 Å². The van der Waals surface area contributed by atoms with Gasteiger partial charge in [0.05, 0.1) is 19.1 Å². The molecule has 1 aromatic rings. The zero-order valence-corrected chi connectivity index (χ0v) is 11.4. The zero-order valence-electron chi connectivity index (χ0n) is 11.4. The standard InChI is InChI=1S/C14H21NO4/c1-18-10-13(19-2)9-15-8-12-5-3-11(4-6-12)7-14(16)17/h3-6,13,15H,7-10H2,1-2H3,(H,16,17). The van der Waals surface area contributed by atoms with Gasteiger partial charge in [-0.15, -0.1) is 0 Å². The van der Waals surface area contributed by atoms with Crippen LogP contribution < -0.4 is 5.32 Å². The molecule has 19 heavy (non-hydrogen) atoms. The van der Waals surface area contributed by atoms with Crippen molar-refractivity contribution in [2.24, 2.45) is 0 Å². The average molecular weight is 267 g/mol. The fourth-order valence-electron chi connectivity index (χ4n) is 1.72. The van der Waals surface area contributed by atoms with E-state index in [-0.39, 0.29) is 12.5 Å². The van der Waals surface area contributed by atoms with Crippen molar-refractivity contribution in [2.45, 2.75) is 19.1 Å². The number of methoxy groups -OCH3 is 2. The summed E-state index contributed by atoms with van der Waals surface area (Å²) in [6, 6.07) is 7.55. The molecule has 0 bridgehead atoms. The van der Waals surface area contributed by atoms with E-state index >= 15 is 0 Å². The maximum Gasteiger partial charge on any atom is 0.307 e. The molecule has 0 aliphatic rings. The molecule has 106 valence electrons. The van der Waals surface area contributed by atoms with Crippen molar-refractivity contribution >= 4 is 5.97 Å². The van der Waals surface area contributed by atoms with Gasteiger partial charge in [-0.2, -0.15) is 0 Å². The molecule has 0 fully saturated rings. The predicted octanol–water partition coefficient (Wildman–Crippen LogP) is 1.06. The van der Waals surface area contributed by atoms with E-state index in [1.165, 1.54) is 0 Å². The number of carboxylic acids is 1. The predicted molar refractivity (Wildman–Crippen MR) is 72.2 cm³/mol. The first-order valence-electron chi connectivity index (χ1n) is 6.17. The highest BCUT2D eigenvalue weighted by molar-refractivity contribution is 5.70. The fourth-order valence-corrected chi connectivity index (χ4v) is 1.72. The van der Waals surface area contributed by atoms with Crippen molar-refractivity contribution < 1.29 is 19.4 Å². The number of carbonyl (C=O) groups is 1. The van der Waals surface area contributed by atoms with E-state index in [1.54, 1.807) is 14.2 Å². The Hall–Kier alpha value is -1.43. The first-order valence-corrected chi connectivity index (χ1v) is 6.17. The molecule has 0 aromatic heterocycles. The molecule has 1 aromatic carbocycles. The van der Waals surface area contributed by atoms with Crippen molar-refractivity contribution in [3.8, 4) is 0 Å². The Morgan fingerprint density at radius 1 is 1.26 bits per heavy atom. The van der Waals surface area contributed by atoms with Crippen LogP contribution >= 0.6 is 0 Å². The van der Waals surface area contributed by atoms with Gasteiger partial charge in [0.25, 0.3) is 0 Å². The first kappa shape index (κ1) is 15.6. The lowest BCUT2D eigenvalue weighted by molar-refractivity contribution is -0.136. The van der Waals surface area contributed by atoms with E-state index in [4.69, 9.17) is 14.6 Å². The van der Waals surface area contributed by atoms with E-state index < -0.39 is 5.97 Å². The van der Waals surface area contributed by atoms with E-state index in [1.807, 2.05) is 24.3 Å². The van der Waals surface area contributed by atoms with Crippen LogP contribution in [0.3, 0.4) is 0 Å². The molecule has 0 saturated carbocycles. The molecule has 5 heteroatoms. The summed E-state index contributed by atoms with van der Waals surface area (Å²) in [5, 5.41) is 12.0. The Bertz CT molecular complexity index is 378. The van der Waals surface area contributed by atoms with E-state index in [9.17, 15) is 4.79 Å². The molecule has 0 spiro atoms. The van der Waals surface area contributed by atoms with Gasteiger partial charge < -0.3 is 19.9 Å². The molecule has 0 aliphatic heterocycles. The highest BCUT2D eigenvalue weighted by Crippen LogP contribution is 2.05. The summed E-state index contributed by atoms with van der Waals surface area (Å²) >= 11 is 0. The lowest BCUT2D eigenvalue weighted by atomic mass is 10.1. The van der Waals surface area contributed by atoms with E-state index in [0.717, 1.165) is 17.7 Å². The third-order valence-corrected chi connectivity index (χ3v) is 2.77. The van der Waals surface area contributed by atoms with Crippen molar-refractivity contribution in [1.29, 1.82) is 0 Å². The molecule has 0 radical (unpaired) electrons. The molecule has 1 unspecified atom stereocenters. The van der Waals surface area contributed by atoms with Crippen LogP contribution in [0.4, 0.5) is 0 Å². The summed E-state index contributed by atoms with van der Waals surface area (Å²) in [4.78, 5) is 10.6. The smallest absolute Gasteiger partial charge is 0.307 e. The summed E-state index contributed by atoms with van der Waals surface area (Å²) < 4.78 is 10.3. The van der Waals surface area contributed by atoms with Crippen molar-refractivity contribution in [2.75, 3.05) is 27.4 Å². The minimum absolute atomic E-state index is 0.0382. The minimum Gasteiger partial charge on any atom is -0.481 e. The van der Waals surface area contributed by atoms with E-state index in [2.05, 4.69) is 5.32 Å². The second kappa shape index (κ2) is 8.63. The minimum atomic E-state index is -0.812. The Morgan fingerprint density at radius 2 is 1.89 bits per heavy atom. The van der Waals surface area contributed by atoms with Gasteiger partial charge in [-0.3, -0.25) is 4.79 Å². The molecule has 0 heterocycles. The lowest BCUT2D eigenvalue weighted by Gasteiger charge is -2.15. The van der Waals surface area contributed by atoms with Crippen molar-refractivity contribution in [1.82, 2.24) is 5.32 Å². The quantitative estimate of drug-likeness (QED) is 0.700. The lowest BCUT2D eigenvalue weighted by Crippen LogP contribution is -2.31. The normalized spacial score (nSPS) is 12.3. The molecule has 0 amide bonds. The molecule has 0 aliphatic carbocycles. The van der Waals surface area contributed by atoms with Gasteiger partial charge in [-0.1, -0.05) is 24.3 Å². The van der Waals surface area contributed by atoms with Crippen LogP contribution in [-0.4, -0.2) is 44.6 Å². The summed E-state index contributed by atoms with van der Waals surface area (Å²) in [6.45, 7) is 1.99. The number of benzene rings is 1. The Morgan fingerprint density at radius 3 is 2.42 bits per heavy atom. The molecular weight excluding hydrogens is 246 g/mol. The number of nitrogens with one attached hydrogen (secondary N) is 1. The van der Waals surface area contributed by atoms with Gasteiger partial charge in [0, 0.05) is 27.3 Å². The molecule has 1 rings (SSSR count). The van der Waals surface area contributed by atoms with Gasteiger partial charge in [0.15, 0.2) is 0 Å². The van der Waals surface area contributed by atoms with Crippen LogP contribution in [0.2, 0.25) is 0 Å². The van der Waals surface area contributed by atoms with Crippen LogP contribution in [0.1, 0.15) is 11.1 Å². The van der Waals surface area contributed by atoms with Gasteiger partial charge in [-0.05, 0) is 11.1 Å². The monoisotopic (exact) mass is 267 g/mol. The molecular formula is C14H21NO4. The van der Waals surface area contributed by atoms with Crippen molar-refractivity contribution in [3.63, 3.8) is 0 Å². The summed E-state index contributed by atoms with van der Waals surface area (Å²) in [7, 11) is 3.30. The summed E-state index contributed by atoms with van der Waals surface area (Å²) in [5.74, 6) is -0.812. The number of rotatable bonds is 9. The molecule has 1 atom stereocenters. The van der Waals surface area contributed by atoms with Crippen LogP contribution in [0.5, 0.6) is 0 Å². The number of aliphatic carboxylic acids is 1. The first-order chi connectivity index (χ1) is 9.15. The molecule has 5 nitrogen and oxygen atoms in total. The SMILES string of the molecule is COCC(CNCc1ccc(CC(=O)O)cc1)OC. The number of hydrogen-bond donors (Lipinski definition) is 2. The van der Waals surface area contributed by atoms with Gasteiger partial charge >= 0.3 is 5.97 Å². The largest absolute Gasteiger partial charge is 0.481 e. The second-order valence-electron chi connectivity index (χ2n) is 4.33. The Balaban J connectivity index is 2.35. The zero-order chi connectivity index (χ0) is 14.1. The van der Waals surface area contributed by atoms with Crippen LogP contribution in [0, 0.1) is 0 Å². The van der Waals surface area contributed by atoms with Gasteiger partial charge in [0.2, 0.25) is 0 Å². The maximum absolute atomic E-state index is 10.6.